The highest BCUT2D eigenvalue weighted by atomic mass is 19.2. The van der Waals surface area contributed by atoms with E-state index in [1.807, 2.05) is 25.1 Å². The molecule has 1 aromatic carbocycles. The predicted octanol–water partition coefficient (Wildman–Crippen LogP) is 4.08. The molecule has 4 nitrogen and oxygen atoms in total. The summed E-state index contributed by atoms with van der Waals surface area (Å²) in [6.07, 6.45) is 8.80. The summed E-state index contributed by atoms with van der Waals surface area (Å²) in [6.45, 7) is 6.13. The zero-order valence-corrected chi connectivity index (χ0v) is 14.4. The van der Waals surface area contributed by atoms with Gasteiger partial charge in [-0.3, -0.25) is 14.7 Å². The number of aromatic nitrogens is 2. The summed E-state index contributed by atoms with van der Waals surface area (Å²) in [5.74, 6) is -1.74. The van der Waals surface area contributed by atoms with Gasteiger partial charge in [-0.25, -0.2) is 8.78 Å². The van der Waals surface area contributed by atoms with Crippen LogP contribution in [0.4, 0.5) is 8.78 Å². The monoisotopic (exact) mass is 352 g/mol. The third-order valence-electron chi connectivity index (χ3n) is 3.90. The molecule has 6 heteroatoms. The summed E-state index contributed by atoms with van der Waals surface area (Å²) >= 11 is 0. The van der Waals surface area contributed by atoms with Crippen molar-refractivity contribution in [1.29, 1.82) is 0 Å². The van der Waals surface area contributed by atoms with Gasteiger partial charge < -0.3 is 0 Å². The van der Waals surface area contributed by atoms with Gasteiger partial charge in [0.25, 0.3) is 0 Å². The van der Waals surface area contributed by atoms with Crippen molar-refractivity contribution in [3.05, 3.63) is 89.9 Å². The molecule has 0 aliphatic carbocycles. The Morgan fingerprint density at radius 1 is 1.38 bits per heavy atom. The van der Waals surface area contributed by atoms with Crippen molar-refractivity contribution in [3.8, 4) is 0 Å². The minimum absolute atomic E-state index is 0.0988. The molecule has 1 aliphatic heterocycles. The number of aliphatic imine (C=N–C) groups is 2. The Balaban J connectivity index is 2.01. The van der Waals surface area contributed by atoms with E-state index >= 15 is 0 Å². The van der Waals surface area contributed by atoms with Crippen LogP contribution in [0.1, 0.15) is 23.9 Å². The number of halogens is 2. The molecule has 0 saturated heterocycles. The molecule has 0 N–H and O–H groups in total. The number of nitrogens with zero attached hydrogens (tertiary/aromatic N) is 4. The average molecular weight is 352 g/mol. The summed E-state index contributed by atoms with van der Waals surface area (Å²) in [5.41, 5.74) is 3.07. The fourth-order valence-corrected chi connectivity index (χ4v) is 2.57. The molecule has 3 rings (SSSR count). The normalized spacial score (nSPS) is 14.3. The largest absolute Gasteiger partial charge is 0.279 e. The first-order valence-corrected chi connectivity index (χ1v) is 8.14. The second-order valence-corrected chi connectivity index (χ2v) is 5.71. The fourth-order valence-electron chi connectivity index (χ4n) is 2.57. The highest BCUT2D eigenvalue weighted by Crippen LogP contribution is 2.17. The van der Waals surface area contributed by atoms with Crippen LogP contribution in [0.25, 0.3) is 0 Å². The van der Waals surface area contributed by atoms with Crippen molar-refractivity contribution in [3.63, 3.8) is 0 Å². The molecule has 0 unspecified atom stereocenters. The van der Waals surface area contributed by atoms with E-state index in [9.17, 15) is 8.78 Å². The van der Waals surface area contributed by atoms with Gasteiger partial charge >= 0.3 is 0 Å². The molecule has 0 spiro atoms. The van der Waals surface area contributed by atoms with E-state index in [1.54, 1.807) is 29.1 Å². The summed E-state index contributed by atoms with van der Waals surface area (Å²) in [7, 11) is 0. The van der Waals surface area contributed by atoms with E-state index < -0.39 is 11.6 Å². The Morgan fingerprint density at radius 2 is 2.23 bits per heavy atom. The Kier molecular flexibility index (Phi) is 5.31. The van der Waals surface area contributed by atoms with Gasteiger partial charge in [-0.2, -0.15) is 5.10 Å². The second-order valence-electron chi connectivity index (χ2n) is 5.71. The van der Waals surface area contributed by atoms with E-state index in [2.05, 4.69) is 21.7 Å². The van der Waals surface area contributed by atoms with Crippen LogP contribution in [-0.4, -0.2) is 27.7 Å². The Hall–Kier alpha value is -3.15. The molecule has 0 radical (unpaired) electrons. The number of rotatable bonds is 6. The first-order chi connectivity index (χ1) is 12.6. The van der Waals surface area contributed by atoms with Gasteiger partial charge in [0.05, 0.1) is 30.2 Å². The van der Waals surface area contributed by atoms with Crippen molar-refractivity contribution < 1.29 is 8.78 Å². The van der Waals surface area contributed by atoms with Gasteiger partial charge in [-0.15, -0.1) is 0 Å². The lowest BCUT2D eigenvalue weighted by molar-refractivity contribution is 0.491. The maximum absolute atomic E-state index is 14.1. The number of hydrogen-bond donors (Lipinski definition) is 0. The fraction of sp³-hybridized carbons (Fsp3) is 0.150. The van der Waals surface area contributed by atoms with Crippen molar-refractivity contribution in [1.82, 2.24) is 9.78 Å². The van der Waals surface area contributed by atoms with Gasteiger partial charge in [0.1, 0.15) is 5.69 Å². The lowest BCUT2D eigenvalue weighted by Gasteiger charge is -2.08. The van der Waals surface area contributed by atoms with E-state index in [4.69, 9.17) is 0 Å². The summed E-state index contributed by atoms with van der Waals surface area (Å²) in [4.78, 5) is 8.71. The molecule has 2 heterocycles. The first-order valence-electron chi connectivity index (χ1n) is 8.14. The number of allylic oxidation sites excluding steroid dienone is 3. The molecule has 0 fully saturated rings. The molecule has 1 aliphatic rings. The molecular formula is C20H18F2N4. The smallest absolute Gasteiger partial charge is 0.163 e. The van der Waals surface area contributed by atoms with E-state index in [1.165, 1.54) is 6.07 Å². The first kappa shape index (κ1) is 17.7. The molecule has 0 bridgehead atoms. The maximum atomic E-state index is 14.1. The Morgan fingerprint density at radius 3 is 2.96 bits per heavy atom. The van der Waals surface area contributed by atoms with Crippen LogP contribution in [0, 0.1) is 11.6 Å². The van der Waals surface area contributed by atoms with E-state index in [0.717, 1.165) is 17.5 Å². The van der Waals surface area contributed by atoms with Gasteiger partial charge in [0.15, 0.2) is 11.6 Å². The highest BCUT2D eigenvalue weighted by Gasteiger charge is 2.17. The van der Waals surface area contributed by atoms with Gasteiger partial charge in [-0.1, -0.05) is 30.9 Å². The highest BCUT2D eigenvalue weighted by molar-refractivity contribution is 6.10. The lowest BCUT2D eigenvalue weighted by atomic mass is 10.2. The molecule has 0 amide bonds. The van der Waals surface area contributed by atoms with Crippen LogP contribution in [0.3, 0.4) is 0 Å². The molecular weight excluding hydrogens is 334 g/mol. The zero-order valence-electron chi connectivity index (χ0n) is 14.4. The van der Waals surface area contributed by atoms with E-state index in [0.29, 0.717) is 18.0 Å². The zero-order chi connectivity index (χ0) is 18.5. The summed E-state index contributed by atoms with van der Waals surface area (Å²) < 4.78 is 29.2. The van der Waals surface area contributed by atoms with Crippen LogP contribution in [0.15, 0.2) is 71.3 Å². The summed E-state index contributed by atoms with van der Waals surface area (Å²) in [6, 6.07) is 5.98. The number of hydrogen-bond acceptors (Lipinski definition) is 3. The SMILES string of the molecule is C=C/C=C\N=C(/C)c1cc(C2=NCC=C2)n(Cc2cccc(F)c2F)n1. The Bertz CT molecular complexity index is 949. The van der Waals surface area contributed by atoms with Crippen molar-refractivity contribution in [2.45, 2.75) is 13.5 Å². The van der Waals surface area contributed by atoms with Crippen LogP contribution in [0.2, 0.25) is 0 Å². The molecule has 2 aromatic rings. The number of benzene rings is 1. The van der Waals surface area contributed by atoms with Crippen LogP contribution < -0.4 is 0 Å². The van der Waals surface area contributed by atoms with Crippen LogP contribution in [0.5, 0.6) is 0 Å². The molecule has 26 heavy (non-hydrogen) atoms. The van der Waals surface area contributed by atoms with Crippen LogP contribution in [-0.2, 0) is 6.54 Å². The quantitative estimate of drug-likeness (QED) is 0.571. The van der Waals surface area contributed by atoms with Crippen LogP contribution >= 0.6 is 0 Å². The molecule has 0 saturated carbocycles. The molecule has 0 atom stereocenters. The van der Waals surface area contributed by atoms with Crippen molar-refractivity contribution in [2.24, 2.45) is 9.98 Å². The van der Waals surface area contributed by atoms with Gasteiger partial charge in [-0.05, 0) is 31.2 Å². The average Bonchev–Trinajstić information content (AvgIpc) is 3.28. The van der Waals surface area contributed by atoms with E-state index in [-0.39, 0.29) is 12.1 Å². The maximum Gasteiger partial charge on any atom is 0.163 e. The second kappa shape index (κ2) is 7.82. The topological polar surface area (TPSA) is 42.5 Å². The lowest BCUT2D eigenvalue weighted by Crippen LogP contribution is -2.12. The standard InChI is InChI=1S/C20H18F2N4/c1-3-4-10-23-14(2)18-12-19(17-9-6-11-24-17)26(25-18)13-15-7-5-8-16(21)20(15)22/h3-10,12H,1,11,13H2,2H3/b10-4-,23-14+. The van der Waals surface area contributed by atoms with Gasteiger partial charge in [0.2, 0.25) is 0 Å². The minimum atomic E-state index is -0.873. The minimum Gasteiger partial charge on any atom is -0.279 e. The predicted molar refractivity (Wildman–Crippen MR) is 99.8 cm³/mol. The third-order valence-corrected chi connectivity index (χ3v) is 3.90. The van der Waals surface area contributed by atoms with Crippen molar-refractivity contribution in [2.75, 3.05) is 6.54 Å². The van der Waals surface area contributed by atoms with Gasteiger partial charge in [0, 0.05) is 11.8 Å². The molecule has 132 valence electrons. The molecule has 1 aromatic heterocycles. The third kappa shape index (κ3) is 3.74. The summed E-state index contributed by atoms with van der Waals surface area (Å²) in [5, 5.41) is 4.52. The van der Waals surface area contributed by atoms with Crippen molar-refractivity contribution >= 4 is 11.4 Å². The Labute approximate surface area is 150 Å².